The molecule has 0 aromatic heterocycles. The van der Waals surface area contributed by atoms with Crippen LogP contribution in [-0.2, 0) is 9.53 Å². The average Bonchev–Trinajstić information content (AvgIpc) is 2.44. The van der Waals surface area contributed by atoms with Crippen LogP contribution in [0, 0.1) is 0 Å². The molecule has 0 spiro atoms. The Morgan fingerprint density at radius 1 is 0.800 bits per heavy atom. The highest BCUT2D eigenvalue weighted by atomic mass is 32.1. The van der Waals surface area contributed by atoms with E-state index in [2.05, 4.69) is 19.6 Å². The smallest absolute Gasteiger partial charge is 0.306 e. The molecule has 0 N–H and O–H groups in total. The molecule has 0 aliphatic carbocycles. The molecule has 20 heavy (non-hydrogen) atoms. The number of carbonyl (C=O) groups is 1. The Morgan fingerprint density at radius 3 is 1.70 bits per heavy atom. The first kappa shape index (κ1) is 19.8. The molecule has 0 rings (SSSR count). The van der Waals surface area contributed by atoms with E-state index in [1.54, 1.807) is 0 Å². The summed E-state index contributed by atoms with van der Waals surface area (Å²) in [6.07, 6.45) is 16.4. The summed E-state index contributed by atoms with van der Waals surface area (Å²) < 4.78 is 5.09. The molecule has 2 nitrogen and oxygen atoms in total. The zero-order chi connectivity index (χ0) is 14.9. The maximum absolute atomic E-state index is 11.1. The molecule has 0 aromatic rings. The van der Waals surface area contributed by atoms with Gasteiger partial charge in [-0.1, -0.05) is 77.6 Å². The minimum atomic E-state index is -0.108. The molecule has 0 aliphatic rings. The van der Waals surface area contributed by atoms with Gasteiger partial charge in [-0.05, 0) is 6.42 Å². The Hall–Kier alpha value is -0.180. The average molecular weight is 303 g/mol. The van der Waals surface area contributed by atoms with Gasteiger partial charge in [0.2, 0.25) is 0 Å². The van der Waals surface area contributed by atoms with E-state index in [-0.39, 0.29) is 5.97 Å². The molecule has 0 aromatic carbocycles. The van der Waals surface area contributed by atoms with Gasteiger partial charge in [0.15, 0.2) is 0 Å². The Kier molecular flexibility index (Phi) is 16.7. The number of hydrogen-bond donors (Lipinski definition) is 1. The van der Waals surface area contributed by atoms with Gasteiger partial charge in [0, 0.05) is 5.75 Å². The fourth-order valence-corrected chi connectivity index (χ4v) is 2.48. The normalized spacial score (nSPS) is 10.7. The van der Waals surface area contributed by atoms with Crippen LogP contribution < -0.4 is 0 Å². The van der Waals surface area contributed by atoms with Crippen LogP contribution in [0.5, 0.6) is 0 Å². The minimum Gasteiger partial charge on any atom is -0.466 e. The molecule has 0 saturated carbocycles. The Morgan fingerprint density at radius 2 is 1.25 bits per heavy atom. The topological polar surface area (TPSA) is 26.3 Å². The van der Waals surface area contributed by atoms with Crippen LogP contribution in [0.3, 0.4) is 0 Å². The van der Waals surface area contributed by atoms with Crippen molar-refractivity contribution in [1.82, 2.24) is 0 Å². The summed E-state index contributed by atoms with van der Waals surface area (Å²) >= 11 is 4.00. The standard InChI is InChI=1S/C17H34O2S/c1-2-3-4-5-6-7-8-9-10-11-12-13-15-19-17(18)14-16-20/h20H,2-16H2,1H3. The van der Waals surface area contributed by atoms with E-state index in [0.29, 0.717) is 18.8 Å². The molecule has 0 atom stereocenters. The third kappa shape index (κ3) is 15.9. The molecule has 0 radical (unpaired) electrons. The second-order valence-electron chi connectivity index (χ2n) is 5.58. The summed E-state index contributed by atoms with van der Waals surface area (Å²) in [5, 5.41) is 0. The Balaban J connectivity index is 3.01. The van der Waals surface area contributed by atoms with Crippen LogP contribution in [-0.4, -0.2) is 18.3 Å². The summed E-state index contributed by atoms with van der Waals surface area (Å²) in [6, 6.07) is 0. The van der Waals surface area contributed by atoms with Crippen LogP contribution in [0.25, 0.3) is 0 Å². The number of rotatable bonds is 15. The third-order valence-corrected chi connectivity index (χ3v) is 3.80. The Bertz CT molecular complexity index is 207. The zero-order valence-electron chi connectivity index (χ0n) is 13.4. The molecule has 0 amide bonds. The predicted molar refractivity (Wildman–Crippen MR) is 90.5 cm³/mol. The van der Waals surface area contributed by atoms with Crippen LogP contribution in [0.1, 0.15) is 90.4 Å². The van der Waals surface area contributed by atoms with E-state index in [4.69, 9.17) is 4.74 Å². The first-order chi connectivity index (χ1) is 9.81. The summed E-state index contributed by atoms with van der Waals surface area (Å²) in [5.41, 5.74) is 0. The SMILES string of the molecule is CCCCCCCCCCCCCCOC(=O)CCS. The van der Waals surface area contributed by atoms with Crippen molar-refractivity contribution in [1.29, 1.82) is 0 Å². The van der Waals surface area contributed by atoms with E-state index in [1.807, 2.05) is 0 Å². The number of carbonyl (C=O) groups excluding carboxylic acids is 1. The highest BCUT2D eigenvalue weighted by Crippen LogP contribution is 2.11. The Labute approximate surface area is 131 Å². The summed E-state index contributed by atoms with van der Waals surface area (Å²) in [7, 11) is 0. The van der Waals surface area contributed by atoms with Crippen molar-refractivity contribution in [2.24, 2.45) is 0 Å². The van der Waals surface area contributed by atoms with Crippen molar-refractivity contribution in [3.05, 3.63) is 0 Å². The van der Waals surface area contributed by atoms with Gasteiger partial charge in [-0.15, -0.1) is 0 Å². The lowest BCUT2D eigenvalue weighted by Crippen LogP contribution is -2.06. The lowest BCUT2D eigenvalue weighted by molar-refractivity contribution is -0.143. The number of esters is 1. The van der Waals surface area contributed by atoms with Gasteiger partial charge in [0.05, 0.1) is 13.0 Å². The summed E-state index contributed by atoms with van der Waals surface area (Å²) in [4.78, 5) is 11.1. The van der Waals surface area contributed by atoms with Crippen LogP contribution in [0.4, 0.5) is 0 Å². The third-order valence-electron chi connectivity index (χ3n) is 3.58. The fourth-order valence-electron chi connectivity index (χ4n) is 2.29. The van der Waals surface area contributed by atoms with Gasteiger partial charge >= 0.3 is 5.97 Å². The second kappa shape index (κ2) is 16.9. The van der Waals surface area contributed by atoms with Crippen LogP contribution in [0.15, 0.2) is 0 Å². The molecule has 3 heteroatoms. The second-order valence-corrected chi connectivity index (χ2v) is 6.03. The van der Waals surface area contributed by atoms with Crippen molar-refractivity contribution in [3.63, 3.8) is 0 Å². The molecule has 0 unspecified atom stereocenters. The van der Waals surface area contributed by atoms with E-state index in [9.17, 15) is 4.79 Å². The van der Waals surface area contributed by atoms with Gasteiger partial charge in [0.25, 0.3) is 0 Å². The fraction of sp³-hybridized carbons (Fsp3) is 0.941. The molecule has 0 heterocycles. The summed E-state index contributed by atoms with van der Waals surface area (Å²) in [5.74, 6) is 0.472. The van der Waals surface area contributed by atoms with Gasteiger partial charge in [-0.25, -0.2) is 0 Å². The van der Waals surface area contributed by atoms with Gasteiger partial charge in [0.1, 0.15) is 0 Å². The van der Waals surface area contributed by atoms with E-state index in [0.717, 1.165) is 6.42 Å². The highest BCUT2D eigenvalue weighted by molar-refractivity contribution is 7.80. The van der Waals surface area contributed by atoms with E-state index in [1.165, 1.54) is 70.6 Å². The maximum atomic E-state index is 11.1. The van der Waals surface area contributed by atoms with Crippen molar-refractivity contribution >= 4 is 18.6 Å². The number of unbranched alkanes of at least 4 members (excludes halogenated alkanes) is 11. The lowest BCUT2D eigenvalue weighted by atomic mass is 10.1. The minimum absolute atomic E-state index is 0.108. The molecular weight excluding hydrogens is 268 g/mol. The lowest BCUT2D eigenvalue weighted by Gasteiger charge is -2.04. The monoisotopic (exact) mass is 302 g/mol. The van der Waals surface area contributed by atoms with Crippen molar-refractivity contribution in [3.8, 4) is 0 Å². The van der Waals surface area contributed by atoms with Crippen molar-refractivity contribution < 1.29 is 9.53 Å². The van der Waals surface area contributed by atoms with Crippen LogP contribution >= 0.6 is 12.6 Å². The first-order valence-electron chi connectivity index (χ1n) is 8.57. The largest absolute Gasteiger partial charge is 0.466 e. The molecule has 0 bridgehead atoms. The number of ether oxygens (including phenoxy) is 1. The summed E-state index contributed by atoms with van der Waals surface area (Å²) in [6.45, 7) is 2.85. The quantitative estimate of drug-likeness (QED) is 0.244. The van der Waals surface area contributed by atoms with Crippen molar-refractivity contribution in [2.45, 2.75) is 90.4 Å². The molecule has 0 aliphatic heterocycles. The molecule has 0 saturated heterocycles. The van der Waals surface area contributed by atoms with Crippen molar-refractivity contribution in [2.75, 3.05) is 12.4 Å². The number of thiol groups is 1. The van der Waals surface area contributed by atoms with Gasteiger partial charge in [-0.2, -0.15) is 12.6 Å². The van der Waals surface area contributed by atoms with E-state index < -0.39 is 0 Å². The van der Waals surface area contributed by atoms with Crippen LogP contribution in [0.2, 0.25) is 0 Å². The predicted octanol–water partition coefficient (Wildman–Crippen LogP) is 5.55. The first-order valence-corrected chi connectivity index (χ1v) is 9.21. The molecular formula is C17H34O2S. The van der Waals surface area contributed by atoms with E-state index >= 15 is 0 Å². The molecule has 120 valence electrons. The number of hydrogen-bond acceptors (Lipinski definition) is 3. The highest BCUT2D eigenvalue weighted by Gasteiger charge is 1.99. The zero-order valence-corrected chi connectivity index (χ0v) is 14.3. The molecule has 0 fully saturated rings. The maximum Gasteiger partial charge on any atom is 0.306 e. The van der Waals surface area contributed by atoms with Gasteiger partial charge < -0.3 is 4.74 Å². The van der Waals surface area contributed by atoms with Gasteiger partial charge in [-0.3, -0.25) is 4.79 Å².